The molecule has 0 saturated heterocycles. The summed E-state index contributed by atoms with van der Waals surface area (Å²) < 4.78 is 0. The number of aryl methyl sites for hydroxylation is 2. The average molecular weight is 358 g/mol. The molecule has 1 aromatic carbocycles. The zero-order valence-corrected chi connectivity index (χ0v) is 14.7. The van der Waals surface area contributed by atoms with E-state index in [1.165, 1.54) is 4.88 Å². The van der Waals surface area contributed by atoms with Crippen LogP contribution in [0, 0.1) is 22.7 Å². The first-order chi connectivity index (χ1) is 12.7. The number of nitriles is 2. The number of nitrogens with one attached hydrogen (secondary N) is 1. The Hall–Kier alpha value is -3.22. The molecule has 0 atom stereocenters. The Morgan fingerprint density at radius 3 is 2.92 bits per heavy atom. The number of nitrogens with zero attached hydrogens (tertiary/aromatic N) is 3. The Morgan fingerprint density at radius 2 is 2.12 bits per heavy atom. The van der Waals surface area contributed by atoms with Crippen LogP contribution in [0.4, 0.5) is 0 Å². The first-order valence-electron chi connectivity index (χ1n) is 8.36. The third-order valence-electron chi connectivity index (χ3n) is 4.53. The summed E-state index contributed by atoms with van der Waals surface area (Å²) in [7, 11) is 0. The van der Waals surface area contributed by atoms with E-state index in [-0.39, 0.29) is 17.0 Å². The van der Waals surface area contributed by atoms with Crippen LogP contribution in [-0.2, 0) is 12.8 Å². The van der Waals surface area contributed by atoms with Crippen LogP contribution in [0.1, 0.15) is 40.2 Å². The van der Waals surface area contributed by atoms with Crippen molar-refractivity contribution < 1.29 is 0 Å². The summed E-state index contributed by atoms with van der Waals surface area (Å²) in [6.45, 7) is 0. The number of allylic oxidation sites excluding steroid dienone is 1. The van der Waals surface area contributed by atoms with E-state index in [9.17, 15) is 10.1 Å². The lowest BCUT2D eigenvalue weighted by Gasteiger charge is -2.09. The largest absolute Gasteiger partial charge is 0.305 e. The first-order valence-corrected chi connectivity index (χ1v) is 9.18. The minimum atomic E-state index is -0.184. The van der Waals surface area contributed by atoms with Gasteiger partial charge in [0.2, 0.25) is 0 Å². The Bertz CT molecular complexity index is 1190. The quantitative estimate of drug-likeness (QED) is 0.705. The molecule has 2 aromatic heterocycles. The van der Waals surface area contributed by atoms with E-state index in [1.807, 2.05) is 0 Å². The Morgan fingerprint density at radius 1 is 1.27 bits per heavy atom. The van der Waals surface area contributed by atoms with E-state index < -0.39 is 0 Å². The second-order valence-electron chi connectivity index (χ2n) is 6.21. The fourth-order valence-corrected chi connectivity index (χ4v) is 4.57. The maximum Gasteiger partial charge on any atom is 0.260 e. The molecular weight excluding hydrogens is 344 g/mol. The standard InChI is InChI=1S/C20H14N4OS/c21-10-13-5-3-4-12(8-13)9-14(11-22)18-23-19(25)17-15-6-1-2-7-16(15)26-20(17)24-18/h3-5,8-9H,1-2,6-7H2,(H,23,24,25). The van der Waals surface area contributed by atoms with E-state index >= 15 is 0 Å². The number of aromatic amines is 1. The molecule has 1 aliphatic rings. The summed E-state index contributed by atoms with van der Waals surface area (Å²) >= 11 is 1.56. The van der Waals surface area contributed by atoms with Gasteiger partial charge in [-0.1, -0.05) is 12.1 Å². The molecule has 126 valence electrons. The Balaban J connectivity index is 1.84. The van der Waals surface area contributed by atoms with Gasteiger partial charge in [0.1, 0.15) is 10.9 Å². The van der Waals surface area contributed by atoms with Crippen molar-refractivity contribution in [3.05, 3.63) is 62.0 Å². The number of rotatable bonds is 2. The maximum absolute atomic E-state index is 12.6. The van der Waals surface area contributed by atoms with Crippen molar-refractivity contribution in [3.63, 3.8) is 0 Å². The highest BCUT2D eigenvalue weighted by molar-refractivity contribution is 7.18. The SMILES string of the molecule is N#CC(=Cc1cccc(C#N)c1)c1nc2sc3c(c2c(=O)[nH]1)CCCC3. The molecule has 5 nitrogen and oxygen atoms in total. The third-order valence-corrected chi connectivity index (χ3v) is 5.71. The first kappa shape index (κ1) is 16.3. The monoisotopic (exact) mass is 358 g/mol. The average Bonchev–Trinajstić information content (AvgIpc) is 3.05. The van der Waals surface area contributed by atoms with Crippen LogP contribution in [0.3, 0.4) is 0 Å². The van der Waals surface area contributed by atoms with E-state index in [0.717, 1.165) is 31.2 Å². The summed E-state index contributed by atoms with van der Waals surface area (Å²) in [5.74, 6) is 0.269. The molecule has 2 heterocycles. The third kappa shape index (κ3) is 2.81. The van der Waals surface area contributed by atoms with Gasteiger partial charge in [0.25, 0.3) is 5.56 Å². The van der Waals surface area contributed by atoms with Crippen LogP contribution in [0.2, 0.25) is 0 Å². The molecule has 1 aliphatic carbocycles. The Labute approximate surface area is 153 Å². The molecule has 26 heavy (non-hydrogen) atoms. The normalized spacial score (nSPS) is 13.8. The van der Waals surface area contributed by atoms with Crippen LogP contribution in [0.5, 0.6) is 0 Å². The summed E-state index contributed by atoms with van der Waals surface area (Å²) in [6.07, 6.45) is 5.79. The number of benzene rings is 1. The van der Waals surface area contributed by atoms with Crippen molar-refractivity contribution in [1.82, 2.24) is 9.97 Å². The molecule has 0 radical (unpaired) electrons. The molecule has 0 spiro atoms. The number of fused-ring (bicyclic) bond motifs is 3. The number of hydrogen-bond donors (Lipinski definition) is 1. The zero-order chi connectivity index (χ0) is 18.1. The van der Waals surface area contributed by atoms with E-state index in [1.54, 1.807) is 41.7 Å². The van der Waals surface area contributed by atoms with Crippen LogP contribution in [0.25, 0.3) is 21.9 Å². The summed E-state index contributed by atoms with van der Waals surface area (Å²) in [4.78, 5) is 21.9. The molecule has 0 aliphatic heterocycles. The lowest BCUT2D eigenvalue weighted by Crippen LogP contribution is -2.12. The molecular formula is C20H14N4OS. The van der Waals surface area contributed by atoms with Gasteiger partial charge < -0.3 is 4.98 Å². The zero-order valence-electron chi connectivity index (χ0n) is 13.9. The predicted octanol–water partition coefficient (Wildman–Crippen LogP) is 3.80. The van der Waals surface area contributed by atoms with Crippen molar-refractivity contribution in [2.24, 2.45) is 0 Å². The number of hydrogen-bond acceptors (Lipinski definition) is 5. The second kappa shape index (κ2) is 6.59. The molecule has 0 amide bonds. The van der Waals surface area contributed by atoms with Gasteiger partial charge in [0.05, 0.1) is 22.6 Å². The summed E-state index contributed by atoms with van der Waals surface area (Å²) in [6, 6.07) is 11.1. The Kier molecular flexibility index (Phi) is 4.12. The topological polar surface area (TPSA) is 93.3 Å². The van der Waals surface area contributed by atoms with Gasteiger partial charge in [-0.05, 0) is 55.0 Å². The molecule has 0 bridgehead atoms. The van der Waals surface area contributed by atoms with Gasteiger partial charge >= 0.3 is 0 Å². The van der Waals surface area contributed by atoms with Crippen molar-refractivity contribution >= 4 is 33.2 Å². The van der Waals surface area contributed by atoms with Gasteiger partial charge in [-0.3, -0.25) is 4.79 Å². The molecule has 4 rings (SSSR count). The fourth-order valence-electron chi connectivity index (χ4n) is 3.31. The molecule has 6 heteroatoms. The van der Waals surface area contributed by atoms with Crippen LogP contribution < -0.4 is 5.56 Å². The van der Waals surface area contributed by atoms with Gasteiger partial charge in [0.15, 0.2) is 5.82 Å². The minimum absolute atomic E-state index is 0.184. The lowest BCUT2D eigenvalue weighted by molar-refractivity contribution is 0.700. The van der Waals surface area contributed by atoms with Crippen molar-refractivity contribution in [2.75, 3.05) is 0 Å². The number of thiophene rings is 1. The van der Waals surface area contributed by atoms with Crippen molar-refractivity contribution in [3.8, 4) is 12.1 Å². The molecule has 0 saturated carbocycles. The van der Waals surface area contributed by atoms with Crippen molar-refractivity contribution in [2.45, 2.75) is 25.7 Å². The van der Waals surface area contributed by atoms with Crippen LogP contribution in [0.15, 0.2) is 29.1 Å². The van der Waals surface area contributed by atoms with Gasteiger partial charge in [-0.2, -0.15) is 10.5 Å². The predicted molar refractivity (Wildman–Crippen MR) is 102 cm³/mol. The smallest absolute Gasteiger partial charge is 0.260 e. The van der Waals surface area contributed by atoms with Gasteiger partial charge in [0, 0.05) is 4.88 Å². The highest BCUT2D eigenvalue weighted by Gasteiger charge is 2.20. The molecule has 0 unspecified atom stereocenters. The highest BCUT2D eigenvalue weighted by atomic mass is 32.1. The summed E-state index contributed by atoms with van der Waals surface area (Å²) in [5.41, 5.74) is 2.44. The van der Waals surface area contributed by atoms with E-state index in [4.69, 9.17) is 5.26 Å². The molecule has 1 N–H and O–H groups in total. The highest BCUT2D eigenvalue weighted by Crippen LogP contribution is 2.33. The number of aromatic nitrogens is 2. The minimum Gasteiger partial charge on any atom is -0.305 e. The maximum atomic E-state index is 12.6. The van der Waals surface area contributed by atoms with Gasteiger partial charge in [-0.25, -0.2) is 4.98 Å². The fraction of sp³-hybridized carbons (Fsp3) is 0.200. The summed E-state index contributed by atoms with van der Waals surface area (Å²) in [5, 5.41) is 19.2. The second-order valence-corrected chi connectivity index (χ2v) is 7.30. The van der Waals surface area contributed by atoms with Crippen molar-refractivity contribution in [1.29, 1.82) is 10.5 Å². The number of H-pyrrole nitrogens is 1. The van der Waals surface area contributed by atoms with E-state index in [0.29, 0.717) is 21.3 Å². The van der Waals surface area contributed by atoms with Crippen LogP contribution >= 0.6 is 11.3 Å². The lowest BCUT2D eigenvalue weighted by atomic mass is 9.97. The van der Waals surface area contributed by atoms with Gasteiger partial charge in [-0.15, -0.1) is 11.3 Å². The van der Waals surface area contributed by atoms with E-state index in [2.05, 4.69) is 22.1 Å². The van der Waals surface area contributed by atoms with Crippen LogP contribution in [-0.4, -0.2) is 9.97 Å². The molecule has 0 fully saturated rings. The molecule has 3 aromatic rings.